The predicted molar refractivity (Wildman–Crippen MR) is 131 cm³/mol. The van der Waals surface area contributed by atoms with Crippen LogP contribution in [0, 0.1) is 0 Å². The van der Waals surface area contributed by atoms with E-state index in [1.54, 1.807) is 0 Å². The van der Waals surface area contributed by atoms with Crippen LogP contribution in [0.15, 0.2) is 9.98 Å². The van der Waals surface area contributed by atoms with Gasteiger partial charge in [-0.1, -0.05) is 23.5 Å². The van der Waals surface area contributed by atoms with Crippen LogP contribution >= 0.6 is 23.5 Å². The monoisotopic (exact) mass is 562 g/mol. The molecule has 2 fully saturated rings. The van der Waals surface area contributed by atoms with Gasteiger partial charge in [-0.25, -0.2) is 0 Å². The van der Waals surface area contributed by atoms with Crippen molar-refractivity contribution in [1.29, 1.82) is 0 Å². The number of thioether (sulfide) groups is 2. The average molecular weight is 563 g/mol. The number of hydrogen-bond donors (Lipinski definition) is 2. The first-order valence-electron chi connectivity index (χ1n) is 11.7. The lowest BCUT2D eigenvalue weighted by atomic mass is 9.98. The maximum Gasteiger partial charge on any atom is 0.303 e. The van der Waals surface area contributed by atoms with Crippen molar-refractivity contribution >= 4 is 51.5 Å². The van der Waals surface area contributed by atoms with Crippen LogP contribution in [0.4, 0.5) is 0 Å². The van der Waals surface area contributed by atoms with Crippen molar-refractivity contribution in [1.82, 2.24) is 0 Å². The summed E-state index contributed by atoms with van der Waals surface area (Å²) in [5, 5.41) is 22.2. The van der Waals surface area contributed by atoms with Gasteiger partial charge in [0.25, 0.3) is 0 Å². The maximum atomic E-state index is 11.9. The summed E-state index contributed by atoms with van der Waals surface area (Å²) in [7, 11) is 0. The molecule has 4 rings (SSSR count). The zero-order chi connectivity index (χ0) is 26.9. The molecule has 0 amide bonds. The number of ether oxygens (including phenoxy) is 6. The summed E-state index contributed by atoms with van der Waals surface area (Å²) >= 11 is 2.64. The number of aliphatic hydroxyl groups is 2. The van der Waals surface area contributed by atoms with Gasteiger partial charge in [-0.15, -0.1) is 0 Å². The minimum Gasteiger partial charge on any atom is -0.463 e. The molecule has 0 aromatic heterocycles. The molecule has 3 unspecified atom stereocenters. The van der Waals surface area contributed by atoms with Gasteiger partial charge in [0.1, 0.15) is 54.0 Å². The van der Waals surface area contributed by atoms with E-state index in [1.165, 1.54) is 44.3 Å². The van der Waals surface area contributed by atoms with Crippen LogP contribution in [-0.4, -0.2) is 118 Å². The number of esters is 3. The van der Waals surface area contributed by atoms with E-state index < -0.39 is 77.5 Å². The van der Waals surface area contributed by atoms with Crippen molar-refractivity contribution in [2.75, 3.05) is 19.8 Å². The summed E-state index contributed by atoms with van der Waals surface area (Å²) in [6, 6.07) is -1.21. The van der Waals surface area contributed by atoms with E-state index in [0.717, 1.165) is 5.04 Å². The summed E-state index contributed by atoms with van der Waals surface area (Å²) < 4.78 is 33.6. The van der Waals surface area contributed by atoms with Gasteiger partial charge in [0.05, 0.1) is 23.3 Å². The highest BCUT2D eigenvalue weighted by Crippen LogP contribution is 2.40. The Kier molecular flexibility index (Phi) is 9.14. The van der Waals surface area contributed by atoms with Gasteiger partial charge in [-0.3, -0.25) is 24.4 Å². The van der Waals surface area contributed by atoms with Crippen LogP contribution in [0.25, 0.3) is 0 Å². The molecule has 0 aromatic carbocycles. The molecule has 2 saturated heterocycles. The number of hydrogen-bond acceptors (Lipinski definition) is 15. The van der Waals surface area contributed by atoms with Crippen molar-refractivity contribution in [3.8, 4) is 0 Å². The Bertz CT molecular complexity index is 963. The first kappa shape index (κ1) is 28.3. The lowest BCUT2D eigenvalue weighted by Crippen LogP contribution is -2.59. The van der Waals surface area contributed by atoms with E-state index in [2.05, 4.69) is 9.98 Å². The van der Waals surface area contributed by atoms with E-state index in [0.29, 0.717) is 5.04 Å². The number of nitrogens with zero attached hydrogens (tertiary/aromatic N) is 2. The van der Waals surface area contributed by atoms with Crippen LogP contribution in [0.2, 0.25) is 0 Å². The standard InChI is InChI=1S/C22H30N2O11S2/c1-8-23-15-18(29)17(28)12(34-21(15)36-8)5-30-7-14-24-16-20(33-11(4)27)19(32-10(3)26)13(6-31-9(2)25)35-22(16)37-14/h12-13,15-22,28-29H,5-7H2,1-4H3/t12-,13-,15?,16?,17-,18-,19+,20-,21+,22?/m1/s1. The second-order valence-electron chi connectivity index (χ2n) is 8.92. The van der Waals surface area contributed by atoms with Crippen LogP contribution in [0.1, 0.15) is 27.7 Å². The van der Waals surface area contributed by atoms with Gasteiger partial charge >= 0.3 is 17.9 Å². The lowest BCUT2D eigenvalue weighted by Gasteiger charge is -2.41. The van der Waals surface area contributed by atoms with Crippen molar-refractivity contribution in [2.24, 2.45) is 9.98 Å². The summed E-state index contributed by atoms with van der Waals surface area (Å²) in [6.45, 7) is 5.34. The quantitative estimate of drug-likeness (QED) is 0.291. The average Bonchev–Trinajstić information content (AvgIpc) is 3.39. The molecule has 2 N–H and O–H groups in total. The Morgan fingerprint density at radius 1 is 0.838 bits per heavy atom. The Labute approximate surface area is 221 Å². The predicted octanol–water partition coefficient (Wildman–Crippen LogP) is -0.351. The SMILES string of the molecule is CC(=O)OC[C@H]1OC2SC(COC[C@H]3O[C@H]4SC(C)=NC4[C@@H](O)[C@@H]3O)=NC2[C@@H](OC(C)=O)[C@H]1OC(C)=O. The van der Waals surface area contributed by atoms with Crippen LogP contribution < -0.4 is 0 Å². The van der Waals surface area contributed by atoms with Crippen molar-refractivity contribution < 1.29 is 53.0 Å². The second-order valence-corrected chi connectivity index (χ2v) is 11.4. The Morgan fingerprint density at radius 2 is 1.49 bits per heavy atom. The first-order valence-corrected chi connectivity index (χ1v) is 13.5. The molecule has 37 heavy (non-hydrogen) atoms. The van der Waals surface area contributed by atoms with Crippen LogP contribution in [0.5, 0.6) is 0 Å². The Hall–Kier alpha value is -1.75. The molecule has 10 atom stereocenters. The third kappa shape index (κ3) is 6.64. The number of aliphatic hydroxyl groups excluding tert-OH is 2. The molecule has 0 saturated carbocycles. The molecule has 206 valence electrons. The fraction of sp³-hybridized carbons (Fsp3) is 0.773. The van der Waals surface area contributed by atoms with Gasteiger partial charge in [-0.05, 0) is 6.92 Å². The normalized spacial score (nSPS) is 38.6. The van der Waals surface area contributed by atoms with Crippen molar-refractivity contribution in [3.63, 3.8) is 0 Å². The highest BCUT2D eigenvalue weighted by atomic mass is 32.2. The molecule has 4 aliphatic heterocycles. The summed E-state index contributed by atoms with van der Waals surface area (Å²) in [4.78, 5) is 43.9. The van der Waals surface area contributed by atoms with E-state index in [9.17, 15) is 24.6 Å². The van der Waals surface area contributed by atoms with Gasteiger partial charge in [0.15, 0.2) is 12.2 Å². The van der Waals surface area contributed by atoms with Crippen LogP contribution in [-0.2, 0) is 42.8 Å². The summed E-state index contributed by atoms with van der Waals surface area (Å²) in [6.07, 6.45) is -5.88. The van der Waals surface area contributed by atoms with Gasteiger partial charge < -0.3 is 38.6 Å². The van der Waals surface area contributed by atoms with Gasteiger partial charge in [0.2, 0.25) is 0 Å². The topological polar surface area (TPSA) is 172 Å². The molecule has 0 radical (unpaired) electrons. The van der Waals surface area contributed by atoms with E-state index in [1.807, 2.05) is 6.92 Å². The fourth-order valence-electron chi connectivity index (χ4n) is 4.48. The number of fused-ring (bicyclic) bond motifs is 2. The molecule has 0 aliphatic carbocycles. The minimum atomic E-state index is -1.17. The number of rotatable bonds is 8. The molecule has 15 heteroatoms. The molecule has 13 nitrogen and oxygen atoms in total. The number of carbonyl (C=O) groups is 3. The lowest BCUT2D eigenvalue weighted by molar-refractivity contribution is -0.208. The number of carbonyl (C=O) groups excluding carboxylic acids is 3. The highest BCUT2D eigenvalue weighted by Gasteiger charge is 2.53. The smallest absolute Gasteiger partial charge is 0.303 e. The second kappa shape index (κ2) is 12.0. The minimum absolute atomic E-state index is 0.00461. The first-order chi connectivity index (χ1) is 17.5. The third-order valence-corrected chi connectivity index (χ3v) is 8.19. The highest BCUT2D eigenvalue weighted by molar-refractivity contribution is 8.14. The summed E-state index contributed by atoms with van der Waals surface area (Å²) in [5.74, 6) is -1.75. The van der Waals surface area contributed by atoms with Gasteiger partial charge in [0, 0.05) is 20.8 Å². The Morgan fingerprint density at radius 3 is 2.16 bits per heavy atom. The van der Waals surface area contributed by atoms with Crippen molar-refractivity contribution in [2.45, 2.75) is 87.3 Å². The van der Waals surface area contributed by atoms with Gasteiger partial charge in [-0.2, -0.15) is 0 Å². The Balaban J connectivity index is 1.40. The summed E-state index contributed by atoms with van der Waals surface area (Å²) in [5.41, 5.74) is -0.997. The molecule has 0 aromatic rings. The molecule has 0 spiro atoms. The van der Waals surface area contributed by atoms with Crippen molar-refractivity contribution in [3.05, 3.63) is 0 Å². The molecular weight excluding hydrogens is 532 g/mol. The number of aliphatic imine (C=N–C) groups is 2. The zero-order valence-corrected chi connectivity index (χ0v) is 22.3. The fourth-order valence-corrected chi connectivity index (χ4v) is 6.71. The van der Waals surface area contributed by atoms with E-state index in [4.69, 9.17) is 28.4 Å². The molecule has 0 bridgehead atoms. The van der Waals surface area contributed by atoms with E-state index in [-0.39, 0.29) is 19.8 Å². The molecular formula is C22H30N2O11S2. The van der Waals surface area contributed by atoms with Crippen LogP contribution in [0.3, 0.4) is 0 Å². The molecule has 4 heterocycles. The van der Waals surface area contributed by atoms with E-state index >= 15 is 0 Å². The maximum absolute atomic E-state index is 11.9. The largest absolute Gasteiger partial charge is 0.463 e. The third-order valence-electron chi connectivity index (χ3n) is 6.01. The molecule has 4 aliphatic rings. The zero-order valence-electron chi connectivity index (χ0n) is 20.7.